The van der Waals surface area contributed by atoms with Crippen LogP contribution < -0.4 is 5.32 Å². The van der Waals surface area contributed by atoms with Gasteiger partial charge in [-0.25, -0.2) is 0 Å². The fourth-order valence-corrected chi connectivity index (χ4v) is 2.40. The number of carbonyl (C=O) groups excluding carboxylic acids is 1. The molecule has 0 aromatic rings. The van der Waals surface area contributed by atoms with E-state index < -0.39 is 0 Å². The highest BCUT2D eigenvalue weighted by molar-refractivity contribution is 5.78. The van der Waals surface area contributed by atoms with Gasteiger partial charge in [0, 0.05) is 32.1 Å². The van der Waals surface area contributed by atoms with Crippen molar-refractivity contribution in [1.29, 1.82) is 0 Å². The van der Waals surface area contributed by atoms with Gasteiger partial charge in [-0.3, -0.25) is 4.79 Å². The van der Waals surface area contributed by atoms with Gasteiger partial charge < -0.3 is 15.1 Å². The zero-order chi connectivity index (χ0) is 12.8. The second-order valence-electron chi connectivity index (χ2n) is 5.40. The zero-order valence-electron chi connectivity index (χ0n) is 11.7. The molecule has 0 spiro atoms. The van der Waals surface area contributed by atoms with Crippen molar-refractivity contribution in [3.63, 3.8) is 0 Å². The first-order valence-electron chi connectivity index (χ1n) is 6.61. The van der Waals surface area contributed by atoms with E-state index >= 15 is 0 Å². The third-order valence-electron chi connectivity index (χ3n) is 3.74. The van der Waals surface area contributed by atoms with Crippen LogP contribution in [-0.2, 0) is 4.79 Å². The Labute approximate surface area is 105 Å². The van der Waals surface area contributed by atoms with Crippen molar-refractivity contribution in [2.24, 2.45) is 5.92 Å². The number of hydrogen-bond donors (Lipinski definition) is 1. The summed E-state index contributed by atoms with van der Waals surface area (Å²) in [6.07, 6.45) is 4.34. The Morgan fingerprint density at radius 2 is 1.71 bits per heavy atom. The molecule has 0 bridgehead atoms. The molecule has 0 radical (unpaired) electrons. The molecule has 1 rings (SSSR count). The van der Waals surface area contributed by atoms with Gasteiger partial charge in [-0.15, -0.1) is 0 Å². The first-order valence-corrected chi connectivity index (χ1v) is 6.61. The van der Waals surface area contributed by atoms with E-state index in [1.807, 2.05) is 33.1 Å². The molecule has 0 aromatic heterocycles. The summed E-state index contributed by atoms with van der Waals surface area (Å²) < 4.78 is 0. The number of nitrogens with zero attached hydrogens (tertiary/aromatic N) is 2. The molecule has 1 N–H and O–H groups in total. The summed E-state index contributed by atoms with van der Waals surface area (Å²) in [5, 5.41) is 3.30. The predicted octanol–water partition coefficient (Wildman–Crippen LogP) is 0.785. The van der Waals surface area contributed by atoms with Gasteiger partial charge in [0.05, 0.1) is 0 Å². The minimum Gasteiger partial charge on any atom is -0.344 e. The molecule has 1 saturated carbocycles. The smallest absolute Gasteiger partial charge is 0.225 e. The van der Waals surface area contributed by atoms with Crippen molar-refractivity contribution in [3.05, 3.63) is 0 Å². The fourth-order valence-electron chi connectivity index (χ4n) is 2.40. The molecule has 0 unspecified atom stereocenters. The van der Waals surface area contributed by atoms with Crippen molar-refractivity contribution in [1.82, 2.24) is 15.1 Å². The van der Waals surface area contributed by atoms with E-state index in [0.717, 1.165) is 38.8 Å². The van der Waals surface area contributed by atoms with Crippen LogP contribution in [0.3, 0.4) is 0 Å². The third-order valence-corrected chi connectivity index (χ3v) is 3.74. The number of nitrogens with one attached hydrogen (secondary N) is 1. The Bertz CT molecular complexity index is 235. The highest BCUT2D eigenvalue weighted by Gasteiger charge is 2.27. The highest BCUT2D eigenvalue weighted by Crippen LogP contribution is 2.25. The molecule has 0 aliphatic heterocycles. The maximum absolute atomic E-state index is 12.2. The molecule has 4 nitrogen and oxygen atoms in total. The van der Waals surface area contributed by atoms with Gasteiger partial charge in [-0.05, 0) is 46.8 Å². The number of amides is 1. The van der Waals surface area contributed by atoms with Crippen LogP contribution in [0.4, 0.5) is 0 Å². The number of likely N-dealkylation sites (N-methyl/N-ethyl adjacent to an activating group) is 2. The lowest BCUT2D eigenvalue weighted by Crippen LogP contribution is -2.40. The minimum atomic E-state index is 0.256. The van der Waals surface area contributed by atoms with Gasteiger partial charge >= 0.3 is 0 Å². The van der Waals surface area contributed by atoms with Crippen LogP contribution in [0.1, 0.15) is 25.7 Å². The van der Waals surface area contributed by atoms with Gasteiger partial charge in [0.1, 0.15) is 0 Å². The third kappa shape index (κ3) is 4.64. The van der Waals surface area contributed by atoms with Crippen molar-refractivity contribution < 1.29 is 4.79 Å². The number of carbonyl (C=O) groups is 1. The highest BCUT2D eigenvalue weighted by atomic mass is 16.2. The van der Waals surface area contributed by atoms with Crippen molar-refractivity contribution >= 4 is 5.91 Å². The molecule has 0 atom stereocenters. The lowest BCUT2D eigenvalue weighted by molar-refractivity contribution is -0.135. The zero-order valence-corrected chi connectivity index (χ0v) is 11.7. The SMILES string of the molecule is CNC1CCC(C(=O)N(C)CCN(C)C)CC1. The van der Waals surface area contributed by atoms with E-state index in [1.165, 1.54) is 0 Å². The van der Waals surface area contributed by atoms with Crippen molar-refractivity contribution in [3.8, 4) is 0 Å². The van der Waals surface area contributed by atoms with E-state index in [2.05, 4.69) is 10.2 Å². The standard InChI is InChI=1S/C13H27N3O/c1-14-12-7-5-11(6-8-12)13(17)16(4)10-9-15(2)3/h11-12,14H,5-10H2,1-4H3. The Balaban J connectivity index is 2.32. The van der Waals surface area contributed by atoms with Crippen LogP contribution in [-0.4, -0.2) is 63.0 Å². The van der Waals surface area contributed by atoms with Gasteiger partial charge in [0.15, 0.2) is 0 Å². The topological polar surface area (TPSA) is 35.6 Å². The van der Waals surface area contributed by atoms with Crippen LogP contribution in [0.5, 0.6) is 0 Å². The monoisotopic (exact) mass is 241 g/mol. The number of hydrogen-bond acceptors (Lipinski definition) is 3. The summed E-state index contributed by atoms with van der Waals surface area (Å²) in [5.74, 6) is 0.591. The molecule has 1 fully saturated rings. The molecule has 4 heteroatoms. The van der Waals surface area contributed by atoms with Gasteiger partial charge in [0.25, 0.3) is 0 Å². The molecular weight excluding hydrogens is 214 g/mol. The Morgan fingerprint density at radius 1 is 1.12 bits per heavy atom. The predicted molar refractivity (Wildman–Crippen MR) is 71.0 cm³/mol. The van der Waals surface area contributed by atoms with Gasteiger partial charge in [-0.2, -0.15) is 0 Å². The van der Waals surface area contributed by atoms with Crippen LogP contribution in [0.25, 0.3) is 0 Å². The van der Waals surface area contributed by atoms with Crippen molar-refractivity contribution in [2.75, 3.05) is 41.3 Å². The first kappa shape index (κ1) is 14.5. The molecule has 1 aliphatic carbocycles. The maximum atomic E-state index is 12.2. The lowest BCUT2D eigenvalue weighted by atomic mass is 9.85. The summed E-state index contributed by atoms with van der Waals surface area (Å²) >= 11 is 0. The Morgan fingerprint density at radius 3 is 2.18 bits per heavy atom. The molecule has 100 valence electrons. The second kappa shape index (κ2) is 6.97. The summed E-state index contributed by atoms with van der Waals surface area (Å²) in [5.41, 5.74) is 0. The summed E-state index contributed by atoms with van der Waals surface area (Å²) in [7, 11) is 8.01. The van der Waals surface area contributed by atoms with Crippen LogP contribution in [0, 0.1) is 5.92 Å². The fraction of sp³-hybridized carbons (Fsp3) is 0.923. The molecule has 17 heavy (non-hydrogen) atoms. The quantitative estimate of drug-likeness (QED) is 0.773. The van der Waals surface area contributed by atoms with Gasteiger partial charge in [-0.1, -0.05) is 0 Å². The normalized spacial score (nSPS) is 25.0. The minimum absolute atomic E-state index is 0.256. The van der Waals surface area contributed by atoms with E-state index in [-0.39, 0.29) is 5.92 Å². The first-order chi connectivity index (χ1) is 8.04. The summed E-state index contributed by atoms with van der Waals surface area (Å²) in [4.78, 5) is 16.2. The Kier molecular flexibility index (Phi) is 5.92. The molecular formula is C13H27N3O. The van der Waals surface area contributed by atoms with Crippen LogP contribution in [0.15, 0.2) is 0 Å². The van der Waals surface area contributed by atoms with Crippen LogP contribution in [0.2, 0.25) is 0 Å². The average molecular weight is 241 g/mol. The summed E-state index contributed by atoms with van der Waals surface area (Å²) in [6, 6.07) is 0.617. The van der Waals surface area contributed by atoms with E-state index in [9.17, 15) is 4.79 Å². The van der Waals surface area contributed by atoms with Crippen LogP contribution >= 0.6 is 0 Å². The second-order valence-corrected chi connectivity index (χ2v) is 5.40. The van der Waals surface area contributed by atoms with Crippen molar-refractivity contribution in [2.45, 2.75) is 31.7 Å². The van der Waals surface area contributed by atoms with E-state index in [4.69, 9.17) is 0 Å². The molecule has 1 aliphatic rings. The average Bonchev–Trinajstić information content (AvgIpc) is 2.35. The molecule has 0 aromatic carbocycles. The molecule has 0 saturated heterocycles. The van der Waals surface area contributed by atoms with E-state index in [0.29, 0.717) is 11.9 Å². The van der Waals surface area contributed by atoms with Gasteiger partial charge in [0.2, 0.25) is 5.91 Å². The Hall–Kier alpha value is -0.610. The lowest BCUT2D eigenvalue weighted by Gasteiger charge is -2.30. The summed E-state index contributed by atoms with van der Waals surface area (Å²) in [6.45, 7) is 1.77. The maximum Gasteiger partial charge on any atom is 0.225 e. The molecule has 1 amide bonds. The number of rotatable bonds is 5. The van der Waals surface area contributed by atoms with E-state index in [1.54, 1.807) is 0 Å². The largest absolute Gasteiger partial charge is 0.344 e. The molecule has 0 heterocycles.